The number of hydrogen-bond donors (Lipinski definition) is 1. The minimum Gasteiger partial charge on any atom is -0.494 e. The Morgan fingerprint density at radius 3 is 2.85 bits per heavy atom. The number of nitrogen functional groups attached to an aromatic ring is 1. The Balaban J connectivity index is 2.03. The van der Waals surface area contributed by atoms with Gasteiger partial charge >= 0.3 is 0 Å². The molecule has 5 heteroatoms. The quantitative estimate of drug-likeness (QED) is 0.925. The summed E-state index contributed by atoms with van der Waals surface area (Å²) in [4.78, 5) is 9.05. The molecule has 0 radical (unpaired) electrons. The second-order valence-electron chi connectivity index (χ2n) is 4.87. The topological polar surface area (TPSA) is 61.0 Å². The highest BCUT2D eigenvalue weighted by atomic mass is 79.9. The van der Waals surface area contributed by atoms with Crippen LogP contribution in [0.25, 0.3) is 11.4 Å². The first-order valence-corrected chi connectivity index (χ1v) is 7.54. The average Bonchev–Trinajstić information content (AvgIpc) is 3.27. The third kappa shape index (κ3) is 2.63. The van der Waals surface area contributed by atoms with Crippen LogP contribution in [-0.4, -0.2) is 16.6 Å². The van der Waals surface area contributed by atoms with Gasteiger partial charge in [-0.3, -0.25) is 0 Å². The van der Waals surface area contributed by atoms with Crippen molar-refractivity contribution in [3.8, 4) is 17.1 Å². The van der Waals surface area contributed by atoms with Crippen molar-refractivity contribution in [3.05, 3.63) is 34.4 Å². The van der Waals surface area contributed by atoms with E-state index in [9.17, 15) is 0 Å². The molecule has 1 aromatic heterocycles. The normalized spacial score (nSPS) is 14.3. The molecule has 2 N–H and O–H groups in total. The van der Waals surface area contributed by atoms with Gasteiger partial charge in [0.1, 0.15) is 11.6 Å². The summed E-state index contributed by atoms with van der Waals surface area (Å²) < 4.78 is 6.35. The van der Waals surface area contributed by atoms with E-state index in [1.165, 1.54) is 12.8 Å². The Labute approximate surface area is 126 Å². The first-order valence-electron chi connectivity index (χ1n) is 6.75. The molecule has 0 bridgehead atoms. The van der Waals surface area contributed by atoms with Crippen molar-refractivity contribution in [2.24, 2.45) is 0 Å². The fraction of sp³-hybridized carbons (Fsp3) is 0.333. The molecule has 104 valence electrons. The van der Waals surface area contributed by atoms with Crippen molar-refractivity contribution in [2.75, 3.05) is 12.3 Å². The second-order valence-corrected chi connectivity index (χ2v) is 5.66. The van der Waals surface area contributed by atoms with E-state index >= 15 is 0 Å². The van der Waals surface area contributed by atoms with E-state index in [0.29, 0.717) is 24.2 Å². The van der Waals surface area contributed by atoms with E-state index in [1.54, 1.807) is 0 Å². The molecule has 0 atom stereocenters. The zero-order valence-electron chi connectivity index (χ0n) is 11.3. The van der Waals surface area contributed by atoms with Crippen LogP contribution in [0.2, 0.25) is 0 Å². The molecule has 0 saturated heterocycles. The third-order valence-corrected chi connectivity index (χ3v) is 4.08. The van der Waals surface area contributed by atoms with E-state index in [-0.39, 0.29) is 0 Å². The molecule has 1 heterocycles. The number of anilines is 1. The SMILES string of the molecule is CCOc1cccc(-c2nc(N)c(Br)c(C3CC3)n2)c1. The van der Waals surface area contributed by atoms with Gasteiger partial charge in [0.25, 0.3) is 0 Å². The predicted octanol–water partition coefficient (Wildman–Crippen LogP) is 3.76. The maximum atomic E-state index is 5.99. The average molecular weight is 334 g/mol. The molecular formula is C15H16BrN3O. The molecule has 1 fully saturated rings. The van der Waals surface area contributed by atoms with Gasteiger partial charge in [-0.25, -0.2) is 9.97 Å². The van der Waals surface area contributed by atoms with E-state index in [4.69, 9.17) is 10.5 Å². The molecule has 1 aliphatic rings. The lowest BCUT2D eigenvalue weighted by Crippen LogP contribution is -2.02. The van der Waals surface area contributed by atoms with Gasteiger partial charge in [0, 0.05) is 11.5 Å². The number of nitrogens with two attached hydrogens (primary N) is 1. The molecule has 0 amide bonds. The van der Waals surface area contributed by atoms with Crippen molar-refractivity contribution in [2.45, 2.75) is 25.7 Å². The van der Waals surface area contributed by atoms with E-state index in [2.05, 4.69) is 25.9 Å². The van der Waals surface area contributed by atoms with Gasteiger partial charge in [0.05, 0.1) is 16.8 Å². The molecule has 20 heavy (non-hydrogen) atoms. The molecule has 0 aliphatic heterocycles. The predicted molar refractivity (Wildman–Crippen MR) is 82.7 cm³/mol. The highest BCUT2D eigenvalue weighted by Gasteiger charge is 2.29. The van der Waals surface area contributed by atoms with E-state index < -0.39 is 0 Å². The van der Waals surface area contributed by atoms with E-state index in [0.717, 1.165) is 21.5 Å². The Hall–Kier alpha value is -1.62. The lowest BCUT2D eigenvalue weighted by molar-refractivity contribution is 0.340. The lowest BCUT2D eigenvalue weighted by Gasteiger charge is -2.09. The molecule has 2 aromatic rings. The van der Waals surface area contributed by atoms with Crippen molar-refractivity contribution in [3.63, 3.8) is 0 Å². The molecule has 3 rings (SSSR count). The summed E-state index contributed by atoms with van der Waals surface area (Å²) in [6.45, 7) is 2.60. The molecule has 1 aromatic carbocycles. The van der Waals surface area contributed by atoms with E-state index in [1.807, 2.05) is 31.2 Å². The fourth-order valence-electron chi connectivity index (χ4n) is 2.13. The maximum Gasteiger partial charge on any atom is 0.161 e. The Morgan fingerprint density at radius 1 is 1.35 bits per heavy atom. The van der Waals surface area contributed by atoms with Crippen LogP contribution in [0.5, 0.6) is 5.75 Å². The molecule has 1 saturated carbocycles. The minimum atomic E-state index is 0.499. The van der Waals surface area contributed by atoms with Gasteiger partial charge in [0.2, 0.25) is 0 Å². The van der Waals surface area contributed by atoms with Crippen LogP contribution in [0.1, 0.15) is 31.4 Å². The molecule has 1 aliphatic carbocycles. The molecular weight excluding hydrogens is 318 g/mol. The smallest absolute Gasteiger partial charge is 0.161 e. The van der Waals surface area contributed by atoms with Crippen molar-refractivity contribution >= 4 is 21.7 Å². The highest BCUT2D eigenvalue weighted by Crippen LogP contribution is 2.44. The summed E-state index contributed by atoms with van der Waals surface area (Å²) >= 11 is 3.49. The van der Waals surface area contributed by atoms with Gasteiger partial charge < -0.3 is 10.5 Å². The number of nitrogens with zero attached hydrogens (tertiary/aromatic N) is 2. The largest absolute Gasteiger partial charge is 0.494 e. The minimum absolute atomic E-state index is 0.499. The summed E-state index contributed by atoms with van der Waals surface area (Å²) in [5.41, 5.74) is 7.94. The number of halogens is 1. The Bertz CT molecular complexity index is 641. The lowest BCUT2D eigenvalue weighted by atomic mass is 10.2. The Kier molecular flexibility index (Phi) is 3.61. The van der Waals surface area contributed by atoms with Gasteiger partial charge in [-0.15, -0.1) is 0 Å². The van der Waals surface area contributed by atoms with Crippen molar-refractivity contribution < 1.29 is 4.74 Å². The first kappa shape index (κ1) is 13.4. The second kappa shape index (κ2) is 5.40. The molecule has 0 unspecified atom stereocenters. The maximum absolute atomic E-state index is 5.99. The van der Waals surface area contributed by atoms with Crippen LogP contribution in [0, 0.1) is 0 Å². The zero-order chi connectivity index (χ0) is 14.1. The van der Waals surface area contributed by atoms with Crippen LogP contribution in [0.15, 0.2) is 28.7 Å². The van der Waals surface area contributed by atoms with Crippen LogP contribution in [-0.2, 0) is 0 Å². The van der Waals surface area contributed by atoms with Gasteiger partial charge in [-0.2, -0.15) is 0 Å². The van der Waals surface area contributed by atoms with Gasteiger partial charge in [0.15, 0.2) is 5.82 Å². The summed E-state index contributed by atoms with van der Waals surface area (Å²) in [5.74, 6) is 2.50. The Morgan fingerprint density at radius 2 is 2.15 bits per heavy atom. The fourth-order valence-corrected chi connectivity index (χ4v) is 2.63. The number of ether oxygens (including phenoxy) is 1. The van der Waals surface area contributed by atoms with Crippen LogP contribution in [0.4, 0.5) is 5.82 Å². The van der Waals surface area contributed by atoms with Crippen molar-refractivity contribution in [1.29, 1.82) is 0 Å². The molecule has 0 spiro atoms. The monoisotopic (exact) mass is 333 g/mol. The summed E-state index contributed by atoms with van der Waals surface area (Å²) in [6, 6.07) is 7.79. The number of aromatic nitrogens is 2. The number of hydrogen-bond acceptors (Lipinski definition) is 4. The van der Waals surface area contributed by atoms with Crippen LogP contribution >= 0.6 is 15.9 Å². The number of benzene rings is 1. The molecule has 4 nitrogen and oxygen atoms in total. The first-order chi connectivity index (χ1) is 9.69. The van der Waals surface area contributed by atoms with Gasteiger partial charge in [-0.05, 0) is 47.8 Å². The van der Waals surface area contributed by atoms with Gasteiger partial charge in [-0.1, -0.05) is 12.1 Å². The zero-order valence-corrected chi connectivity index (χ0v) is 12.9. The summed E-state index contributed by atoms with van der Waals surface area (Å²) in [5, 5.41) is 0. The standard InChI is InChI=1S/C15H16BrN3O/c1-2-20-11-5-3-4-10(8-11)15-18-13(9-6-7-9)12(16)14(17)19-15/h3-5,8-9H,2,6-7H2,1H3,(H2,17,18,19). The third-order valence-electron chi connectivity index (χ3n) is 3.27. The number of rotatable bonds is 4. The van der Waals surface area contributed by atoms with Crippen LogP contribution in [0.3, 0.4) is 0 Å². The summed E-state index contributed by atoms with van der Waals surface area (Å²) in [7, 11) is 0. The summed E-state index contributed by atoms with van der Waals surface area (Å²) in [6.07, 6.45) is 2.35. The van der Waals surface area contributed by atoms with Crippen LogP contribution < -0.4 is 10.5 Å². The highest BCUT2D eigenvalue weighted by molar-refractivity contribution is 9.10. The van der Waals surface area contributed by atoms with Crippen molar-refractivity contribution in [1.82, 2.24) is 9.97 Å².